The Hall–Kier alpha value is -2.66. The Morgan fingerprint density at radius 2 is 1.76 bits per heavy atom. The van der Waals surface area contributed by atoms with E-state index in [1.54, 1.807) is 42.5 Å². The number of para-hydroxylation sites is 1. The molecule has 0 fully saturated rings. The maximum Gasteiger partial charge on any atom is 0.323 e. The average molecular weight is 284 g/mol. The summed E-state index contributed by atoms with van der Waals surface area (Å²) in [6.07, 6.45) is 0. The summed E-state index contributed by atoms with van der Waals surface area (Å²) >= 11 is 0. The van der Waals surface area contributed by atoms with Gasteiger partial charge in [-0.15, -0.1) is 0 Å². The van der Waals surface area contributed by atoms with Crippen LogP contribution in [0.25, 0.3) is 0 Å². The highest BCUT2D eigenvalue weighted by molar-refractivity contribution is 6.08. The van der Waals surface area contributed by atoms with Crippen LogP contribution >= 0.6 is 0 Å². The molecule has 3 N–H and O–H groups in total. The number of rotatable bonds is 5. The van der Waals surface area contributed by atoms with Gasteiger partial charge in [-0.2, -0.15) is 0 Å². The highest BCUT2D eigenvalue weighted by Gasteiger charge is 2.20. The van der Waals surface area contributed by atoms with E-state index >= 15 is 0 Å². The van der Waals surface area contributed by atoms with E-state index in [2.05, 4.69) is 0 Å². The molecule has 5 heteroatoms. The van der Waals surface area contributed by atoms with Crippen LogP contribution in [-0.2, 0) is 11.3 Å². The number of nitrogens with two attached hydrogens (primary N) is 1. The van der Waals surface area contributed by atoms with Gasteiger partial charge < -0.3 is 10.8 Å². The molecule has 0 bridgehead atoms. The van der Waals surface area contributed by atoms with Crippen molar-refractivity contribution in [1.82, 2.24) is 0 Å². The van der Waals surface area contributed by atoms with Crippen LogP contribution in [0, 0.1) is 0 Å². The molecular formula is C16H16N2O3. The molecule has 1 amide bonds. The van der Waals surface area contributed by atoms with Gasteiger partial charge in [0, 0.05) is 17.8 Å². The lowest BCUT2D eigenvalue weighted by Gasteiger charge is -2.21. The van der Waals surface area contributed by atoms with E-state index in [-0.39, 0.29) is 5.91 Å². The van der Waals surface area contributed by atoms with Crippen molar-refractivity contribution in [1.29, 1.82) is 0 Å². The lowest BCUT2D eigenvalue weighted by Crippen LogP contribution is -2.35. The van der Waals surface area contributed by atoms with Crippen molar-refractivity contribution in [3.63, 3.8) is 0 Å². The fourth-order valence-corrected chi connectivity index (χ4v) is 2.01. The molecule has 5 nitrogen and oxygen atoms in total. The zero-order valence-electron chi connectivity index (χ0n) is 11.4. The first kappa shape index (κ1) is 14.7. The minimum absolute atomic E-state index is 0.325. The number of carbonyl (C=O) groups is 2. The van der Waals surface area contributed by atoms with Crippen LogP contribution in [0.3, 0.4) is 0 Å². The third-order valence-corrected chi connectivity index (χ3v) is 3.02. The zero-order valence-corrected chi connectivity index (χ0v) is 11.4. The number of benzene rings is 2. The molecule has 0 aliphatic rings. The van der Waals surface area contributed by atoms with E-state index in [9.17, 15) is 9.59 Å². The van der Waals surface area contributed by atoms with Gasteiger partial charge in [-0.05, 0) is 29.8 Å². The molecule has 0 saturated carbocycles. The zero-order chi connectivity index (χ0) is 15.2. The number of carboxylic acids is 1. The van der Waals surface area contributed by atoms with E-state index in [1.807, 2.05) is 12.1 Å². The summed E-state index contributed by atoms with van der Waals surface area (Å²) in [5, 5.41) is 9.03. The van der Waals surface area contributed by atoms with Gasteiger partial charge in [-0.1, -0.05) is 30.3 Å². The van der Waals surface area contributed by atoms with Crippen LogP contribution in [0.4, 0.5) is 5.69 Å². The molecule has 0 aliphatic heterocycles. The molecule has 2 rings (SSSR count). The lowest BCUT2D eigenvalue weighted by molar-refractivity contribution is -0.135. The maximum absolute atomic E-state index is 12.6. The molecule has 21 heavy (non-hydrogen) atoms. The Kier molecular flexibility index (Phi) is 4.68. The second kappa shape index (κ2) is 6.67. The standard InChI is InChI=1S/C16H16N2O3/c17-10-12-5-4-6-13(9-12)16(21)18(11-15(19)20)14-7-2-1-3-8-14/h1-9H,10-11,17H2,(H,19,20). The average Bonchev–Trinajstić information content (AvgIpc) is 2.52. The minimum Gasteiger partial charge on any atom is -0.480 e. The lowest BCUT2D eigenvalue weighted by atomic mass is 10.1. The SMILES string of the molecule is NCc1cccc(C(=O)N(CC(=O)O)c2ccccc2)c1. The van der Waals surface area contributed by atoms with Crippen molar-refractivity contribution in [2.24, 2.45) is 5.73 Å². The number of nitrogens with zero attached hydrogens (tertiary/aromatic N) is 1. The fourth-order valence-electron chi connectivity index (χ4n) is 2.01. The summed E-state index contributed by atoms with van der Waals surface area (Å²) in [4.78, 5) is 24.8. The third kappa shape index (κ3) is 3.67. The Morgan fingerprint density at radius 3 is 2.38 bits per heavy atom. The van der Waals surface area contributed by atoms with Gasteiger partial charge in [-0.3, -0.25) is 14.5 Å². The first-order valence-corrected chi connectivity index (χ1v) is 6.49. The smallest absolute Gasteiger partial charge is 0.323 e. The monoisotopic (exact) mass is 284 g/mol. The molecule has 0 aromatic heterocycles. The van der Waals surface area contributed by atoms with Crippen molar-refractivity contribution >= 4 is 17.6 Å². The van der Waals surface area contributed by atoms with Gasteiger partial charge in [0.25, 0.3) is 5.91 Å². The van der Waals surface area contributed by atoms with E-state index in [4.69, 9.17) is 10.8 Å². The summed E-state index contributed by atoms with van der Waals surface area (Å²) in [6, 6.07) is 15.6. The first-order valence-electron chi connectivity index (χ1n) is 6.49. The van der Waals surface area contributed by atoms with Crippen molar-refractivity contribution in [2.45, 2.75) is 6.54 Å². The molecule has 0 spiro atoms. The van der Waals surface area contributed by atoms with Crippen LogP contribution in [0.15, 0.2) is 54.6 Å². The van der Waals surface area contributed by atoms with E-state index < -0.39 is 12.5 Å². The predicted octanol–water partition coefficient (Wildman–Crippen LogP) is 1.88. The summed E-state index contributed by atoms with van der Waals surface area (Å²) in [5.41, 5.74) is 7.36. The Balaban J connectivity index is 2.36. The molecule has 108 valence electrons. The van der Waals surface area contributed by atoms with Crippen LogP contribution in [0.2, 0.25) is 0 Å². The number of aliphatic carboxylic acids is 1. The normalized spacial score (nSPS) is 10.1. The minimum atomic E-state index is -1.07. The van der Waals surface area contributed by atoms with Gasteiger partial charge in [0.05, 0.1) is 0 Å². The molecule has 0 atom stereocenters. The second-order valence-corrected chi connectivity index (χ2v) is 4.53. The number of carbonyl (C=O) groups excluding carboxylic acids is 1. The fraction of sp³-hybridized carbons (Fsp3) is 0.125. The summed E-state index contributed by atoms with van der Waals surface area (Å²) < 4.78 is 0. The topological polar surface area (TPSA) is 83.6 Å². The predicted molar refractivity (Wildman–Crippen MR) is 80.1 cm³/mol. The maximum atomic E-state index is 12.6. The largest absolute Gasteiger partial charge is 0.480 e. The summed E-state index contributed by atoms with van der Waals surface area (Å²) in [7, 11) is 0. The number of amides is 1. The highest BCUT2D eigenvalue weighted by Crippen LogP contribution is 2.17. The van der Waals surface area contributed by atoms with Crippen molar-refractivity contribution in [3.05, 3.63) is 65.7 Å². The van der Waals surface area contributed by atoms with Crippen molar-refractivity contribution in [3.8, 4) is 0 Å². The molecule has 0 aliphatic carbocycles. The molecule has 0 unspecified atom stereocenters. The van der Waals surface area contributed by atoms with Crippen LogP contribution in [-0.4, -0.2) is 23.5 Å². The van der Waals surface area contributed by atoms with E-state index in [0.717, 1.165) is 5.56 Å². The quantitative estimate of drug-likeness (QED) is 0.878. The molecule has 0 radical (unpaired) electrons. The van der Waals surface area contributed by atoms with Crippen LogP contribution < -0.4 is 10.6 Å². The van der Waals surface area contributed by atoms with Crippen LogP contribution in [0.5, 0.6) is 0 Å². The number of hydrogen-bond acceptors (Lipinski definition) is 3. The molecule has 0 saturated heterocycles. The van der Waals surface area contributed by atoms with Gasteiger partial charge in [0.1, 0.15) is 6.54 Å². The summed E-state index contributed by atoms with van der Waals surface area (Å²) in [6.45, 7) is -0.0684. The van der Waals surface area contributed by atoms with Gasteiger partial charge >= 0.3 is 5.97 Å². The Morgan fingerprint density at radius 1 is 1.05 bits per heavy atom. The molecule has 0 heterocycles. The molecule has 2 aromatic carbocycles. The molecular weight excluding hydrogens is 268 g/mol. The van der Waals surface area contributed by atoms with E-state index in [0.29, 0.717) is 17.8 Å². The Labute approximate surface area is 122 Å². The van der Waals surface area contributed by atoms with Crippen molar-refractivity contribution < 1.29 is 14.7 Å². The number of hydrogen-bond donors (Lipinski definition) is 2. The number of carboxylic acid groups (broad SMARTS) is 1. The Bertz CT molecular complexity index is 641. The van der Waals surface area contributed by atoms with Crippen LogP contribution in [0.1, 0.15) is 15.9 Å². The molecule has 2 aromatic rings. The highest BCUT2D eigenvalue weighted by atomic mass is 16.4. The summed E-state index contributed by atoms with van der Waals surface area (Å²) in [5.74, 6) is -1.43. The van der Waals surface area contributed by atoms with Crippen molar-refractivity contribution in [2.75, 3.05) is 11.4 Å². The van der Waals surface area contributed by atoms with Gasteiger partial charge in [0.2, 0.25) is 0 Å². The van der Waals surface area contributed by atoms with E-state index in [1.165, 1.54) is 4.90 Å². The van der Waals surface area contributed by atoms with Gasteiger partial charge in [-0.25, -0.2) is 0 Å². The second-order valence-electron chi connectivity index (χ2n) is 4.53. The number of anilines is 1. The third-order valence-electron chi connectivity index (χ3n) is 3.02. The van der Waals surface area contributed by atoms with Gasteiger partial charge in [0.15, 0.2) is 0 Å². The first-order chi connectivity index (χ1) is 10.1.